The van der Waals surface area contributed by atoms with Gasteiger partial charge in [-0.25, -0.2) is 4.79 Å². The molecule has 1 atom stereocenters. The lowest BCUT2D eigenvalue weighted by Crippen LogP contribution is -2.23. The molecular formula is C22H29N3O2. The Morgan fingerprint density at radius 2 is 2.04 bits per heavy atom. The third-order valence-corrected chi connectivity index (χ3v) is 5.11. The van der Waals surface area contributed by atoms with Gasteiger partial charge in [-0.15, -0.1) is 0 Å². The Bertz CT molecular complexity index is 822. The lowest BCUT2D eigenvalue weighted by molar-refractivity contribution is -0.131. The van der Waals surface area contributed by atoms with Crippen LogP contribution in [0.4, 0.5) is 0 Å². The lowest BCUT2D eigenvalue weighted by atomic mass is 9.68. The number of carboxylic acid groups (broad SMARTS) is 1. The fourth-order valence-electron chi connectivity index (χ4n) is 3.55. The molecule has 1 aliphatic rings. The summed E-state index contributed by atoms with van der Waals surface area (Å²) in [6, 6.07) is 0. The molecule has 2 N–H and O–H groups in total. The molecule has 0 aliphatic heterocycles. The molecule has 1 aromatic heterocycles. The van der Waals surface area contributed by atoms with E-state index in [4.69, 9.17) is 5.11 Å². The van der Waals surface area contributed by atoms with Crippen molar-refractivity contribution in [3.8, 4) is 0 Å². The number of nitrogens with one attached hydrogen (secondary N) is 1. The molecule has 144 valence electrons. The molecule has 0 saturated carbocycles. The van der Waals surface area contributed by atoms with Gasteiger partial charge in [0.1, 0.15) is 0 Å². The van der Waals surface area contributed by atoms with E-state index in [0.29, 0.717) is 11.5 Å². The standard InChI is InChI=1S/C22H29N3O2/c1-15(7-6-8-16(2)13-21(26)27)9-10-19-17(3)18(11-12-22(19,4)5)20-14-23-25-24-20/h6-10,13-14,18H,11-12H2,1-5H3,(H,26,27)(H,23,24,25)/b8-6+,10-9+,15-7+,16-13+. The molecule has 0 radical (unpaired) electrons. The molecular weight excluding hydrogens is 338 g/mol. The summed E-state index contributed by atoms with van der Waals surface area (Å²) in [5.74, 6) is -0.620. The number of H-pyrrole nitrogens is 1. The lowest BCUT2D eigenvalue weighted by Gasteiger charge is -2.36. The summed E-state index contributed by atoms with van der Waals surface area (Å²) >= 11 is 0. The van der Waals surface area contributed by atoms with Gasteiger partial charge in [-0.1, -0.05) is 55.4 Å². The molecule has 1 aromatic rings. The van der Waals surface area contributed by atoms with Crippen LogP contribution in [0.5, 0.6) is 0 Å². The predicted octanol–water partition coefficient (Wildman–Crippen LogP) is 5.11. The summed E-state index contributed by atoms with van der Waals surface area (Å²) in [6.07, 6.45) is 15.2. The number of hydrogen-bond donors (Lipinski definition) is 2. The van der Waals surface area contributed by atoms with Crippen molar-refractivity contribution in [1.82, 2.24) is 15.4 Å². The SMILES string of the molecule is CC1=C(/C=C/C(C)=C/C=C/C(C)=C/C(=O)O)C(C)(C)CCC1c1cn[nH]n1. The minimum atomic E-state index is -0.929. The van der Waals surface area contributed by atoms with Crippen LogP contribution >= 0.6 is 0 Å². The highest BCUT2D eigenvalue weighted by atomic mass is 16.4. The molecule has 1 heterocycles. The number of nitrogens with zero attached hydrogens (tertiary/aromatic N) is 2. The first-order valence-electron chi connectivity index (χ1n) is 9.22. The van der Waals surface area contributed by atoms with Gasteiger partial charge in [-0.05, 0) is 50.2 Å². The summed E-state index contributed by atoms with van der Waals surface area (Å²) in [7, 11) is 0. The molecule has 0 spiro atoms. The van der Waals surface area contributed by atoms with Gasteiger partial charge in [0.25, 0.3) is 0 Å². The average molecular weight is 367 g/mol. The number of allylic oxidation sites excluding steroid dienone is 9. The van der Waals surface area contributed by atoms with Crippen molar-refractivity contribution in [2.45, 2.75) is 53.4 Å². The van der Waals surface area contributed by atoms with Crippen LogP contribution in [0, 0.1) is 5.41 Å². The van der Waals surface area contributed by atoms with E-state index in [2.05, 4.69) is 48.3 Å². The monoisotopic (exact) mass is 367 g/mol. The smallest absolute Gasteiger partial charge is 0.328 e. The average Bonchev–Trinajstić information content (AvgIpc) is 3.07. The first-order valence-corrected chi connectivity index (χ1v) is 9.22. The van der Waals surface area contributed by atoms with E-state index in [1.807, 2.05) is 25.3 Å². The highest BCUT2D eigenvalue weighted by molar-refractivity contribution is 5.81. The predicted molar refractivity (Wildman–Crippen MR) is 108 cm³/mol. The van der Waals surface area contributed by atoms with Gasteiger partial charge in [0, 0.05) is 12.0 Å². The number of rotatable bonds is 6. The van der Waals surface area contributed by atoms with Gasteiger partial charge < -0.3 is 5.11 Å². The van der Waals surface area contributed by atoms with Crippen LogP contribution in [0.3, 0.4) is 0 Å². The van der Waals surface area contributed by atoms with Crippen molar-refractivity contribution >= 4 is 5.97 Å². The van der Waals surface area contributed by atoms with Crippen LogP contribution in [0.1, 0.15) is 59.1 Å². The van der Waals surface area contributed by atoms with Crippen molar-refractivity contribution in [2.75, 3.05) is 0 Å². The Balaban J connectivity index is 2.21. The summed E-state index contributed by atoms with van der Waals surface area (Å²) in [5, 5.41) is 19.7. The maximum Gasteiger partial charge on any atom is 0.328 e. The van der Waals surface area contributed by atoms with Gasteiger partial charge in [0.2, 0.25) is 0 Å². The Morgan fingerprint density at radius 1 is 1.30 bits per heavy atom. The second-order valence-electron chi connectivity index (χ2n) is 7.80. The van der Waals surface area contributed by atoms with Gasteiger partial charge in [0.15, 0.2) is 0 Å². The molecule has 2 rings (SSSR count). The maximum atomic E-state index is 10.6. The van der Waals surface area contributed by atoms with Crippen LogP contribution in [-0.2, 0) is 4.79 Å². The molecule has 5 heteroatoms. The van der Waals surface area contributed by atoms with E-state index < -0.39 is 5.97 Å². The molecule has 1 aliphatic carbocycles. The second kappa shape index (κ2) is 8.80. The van der Waals surface area contributed by atoms with Gasteiger partial charge in [-0.3, -0.25) is 0 Å². The number of carbonyl (C=O) groups is 1. The molecule has 0 bridgehead atoms. The van der Waals surface area contributed by atoms with E-state index in [9.17, 15) is 4.79 Å². The number of aromatic nitrogens is 3. The zero-order valence-electron chi connectivity index (χ0n) is 16.8. The largest absolute Gasteiger partial charge is 0.478 e. The normalized spacial score (nSPS) is 21.4. The van der Waals surface area contributed by atoms with Crippen molar-refractivity contribution in [3.63, 3.8) is 0 Å². The third kappa shape index (κ3) is 5.64. The molecule has 1 unspecified atom stereocenters. The number of carboxylic acids is 1. The highest BCUT2D eigenvalue weighted by Crippen LogP contribution is 2.46. The van der Waals surface area contributed by atoms with E-state index in [1.54, 1.807) is 13.0 Å². The van der Waals surface area contributed by atoms with Crippen molar-refractivity contribution in [3.05, 3.63) is 70.6 Å². The van der Waals surface area contributed by atoms with Gasteiger partial charge in [-0.2, -0.15) is 15.4 Å². The highest BCUT2D eigenvalue weighted by Gasteiger charge is 2.33. The Kier molecular flexibility index (Phi) is 6.72. The fraction of sp³-hybridized carbons (Fsp3) is 0.409. The van der Waals surface area contributed by atoms with Crippen LogP contribution in [0.25, 0.3) is 0 Å². The molecule has 0 amide bonds. The number of aliphatic carboxylic acids is 1. The third-order valence-electron chi connectivity index (χ3n) is 5.11. The number of aromatic amines is 1. The number of hydrogen-bond acceptors (Lipinski definition) is 3. The summed E-state index contributed by atoms with van der Waals surface area (Å²) in [6.45, 7) is 10.6. The van der Waals surface area contributed by atoms with Gasteiger partial charge in [0.05, 0.1) is 11.9 Å². The zero-order valence-corrected chi connectivity index (χ0v) is 16.8. The van der Waals surface area contributed by atoms with Gasteiger partial charge >= 0.3 is 5.97 Å². The van der Waals surface area contributed by atoms with Crippen LogP contribution in [-0.4, -0.2) is 26.5 Å². The van der Waals surface area contributed by atoms with Crippen molar-refractivity contribution in [1.29, 1.82) is 0 Å². The zero-order chi connectivity index (χ0) is 20.0. The molecule has 0 saturated heterocycles. The summed E-state index contributed by atoms with van der Waals surface area (Å²) in [5.41, 5.74) is 5.63. The Labute approximate surface area is 161 Å². The van der Waals surface area contributed by atoms with Crippen molar-refractivity contribution in [2.24, 2.45) is 5.41 Å². The van der Waals surface area contributed by atoms with Crippen molar-refractivity contribution < 1.29 is 9.90 Å². The molecule has 0 fully saturated rings. The topological polar surface area (TPSA) is 78.9 Å². The van der Waals surface area contributed by atoms with E-state index >= 15 is 0 Å². The minimum absolute atomic E-state index is 0.123. The second-order valence-corrected chi connectivity index (χ2v) is 7.80. The maximum absolute atomic E-state index is 10.6. The molecule has 5 nitrogen and oxygen atoms in total. The summed E-state index contributed by atoms with van der Waals surface area (Å²) < 4.78 is 0. The first-order chi connectivity index (χ1) is 12.7. The Morgan fingerprint density at radius 3 is 2.67 bits per heavy atom. The van der Waals surface area contributed by atoms with Crippen LogP contribution < -0.4 is 0 Å². The Hall–Kier alpha value is -2.69. The fourth-order valence-corrected chi connectivity index (χ4v) is 3.55. The minimum Gasteiger partial charge on any atom is -0.478 e. The van der Waals surface area contributed by atoms with Crippen LogP contribution in [0.2, 0.25) is 0 Å². The first kappa shape index (κ1) is 20.6. The van der Waals surface area contributed by atoms with E-state index in [-0.39, 0.29) is 5.41 Å². The van der Waals surface area contributed by atoms with E-state index in [1.165, 1.54) is 17.2 Å². The van der Waals surface area contributed by atoms with E-state index in [0.717, 1.165) is 24.1 Å². The molecule has 0 aromatic carbocycles. The summed E-state index contributed by atoms with van der Waals surface area (Å²) in [4.78, 5) is 10.6. The quantitative estimate of drug-likeness (QED) is 0.540. The van der Waals surface area contributed by atoms with Crippen LogP contribution in [0.15, 0.2) is 64.9 Å². The molecule has 27 heavy (non-hydrogen) atoms.